The van der Waals surface area contributed by atoms with Crippen molar-refractivity contribution in [3.05, 3.63) is 105 Å². The molecule has 3 aromatic carbocycles. The fourth-order valence-electron chi connectivity index (χ4n) is 4.55. The maximum atomic E-state index is 6.55. The molecule has 1 aliphatic heterocycles. The van der Waals surface area contributed by atoms with Gasteiger partial charge >= 0.3 is 0 Å². The van der Waals surface area contributed by atoms with E-state index < -0.39 is 0 Å². The van der Waals surface area contributed by atoms with Crippen molar-refractivity contribution in [3.63, 3.8) is 0 Å². The summed E-state index contributed by atoms with van der Waals surface area (Å²) in [6.45, 7) is 2.66. The Kier molecular flexibility index (Phi) is 5.22. The molecule has 5 rings (SSSR count). The molecule has 3 aromatic rings. The van der Waals surface area contributed by atoms with Crippen LogP contribution < -0.4 is 10.1 Å². The lowest BCUT2D eigenvalue weighted by atomic mass is 9.77. The van der Waals surface area contributed by atoms with Gasteiger partial charge in [0.1, 0.15) is 12.4 Å². The molecule has 0 saturated carbocycles. The lowest BCUT2D eigenvalue weighted by Crippen LogP contribution is -2.29. The van der Waals surface area contributed by atoms with Gasteiger partial charge in [-0.25, -0.2) is 0 Å². The standard InChI is InChI=1S/C26H23Cl2NO/c1-16-5-7-17(8-6-16)15-30-19-11-9-18(10-12-19)25-21-4-2-3-20(21)22-13-14-23(27)24(28)26(22)29-25/h2-3,5-14,20-21,25,29H,4,15H2,1H3/t20-,21+,25+/m1/s1. The van der Waals surface area contributed by atoms with E-state index >= 15 is 0 Å². The van der Waals surface area contributed by atoms with Gasteiger partial charge in [-0.1, -0.05) is 83.4 Å². The van der Waals surface area contributed by atoms with Crippen LogP contribution in [0.25, 0.3) is 0 Å². The summed E-state index contributed by atoms with van der Waals surface area (Å²) >= 11 is 12.8. The molecule has 0 bridgehead atoms. The van der Waals surface area contributed by atoms with Crippen molar-refractivity contribution < 1.29 is 4.74 Å². The third-order valence-electron chi connectivity index (χ3n) is 6.19. The van der Waals surface area contributed by atoms with Gasteiger partial charge in [0.25, 0.3) is 0 Å². The molecule has 0 fully saturated rings. The van der Waals surface area contributed by atoms with Gasteiger partial charge in [-0.15, -0.1) is 0 Å². The number of halogens is 2. The monoisotopic (exact) mass is 435 g/mol. The van der Waals surface area contributed by atoms with Crippen LogP contribution in [0.1, 0.15) is 40.6 Å². The topological polar surface area (TPSA) is 21.3 Å². The summed E-state index contributed by atoms with van der Waals surface area (Å²) in [7, 11) is 0. The van der Waals surface area contributed by atoms with Gasteiger partial charge in [0, 0.05) is 5.92 Å². The van der Waals surface area contributed by atoms with E-state index in [0.717, 1.165) is 17.9 Å². The molecule has 2 nitrogen and oxygen atoms in total. The number of fused-ring (bicyclic) bond motifs is 3. The largest absolute Gasteiger partial charge is 0.489 e. The second-order valence-electron chi connectivity index (χ2n) is 8.14. The van der Waals surface area contributed by atoms with Gasteiger partial charge in [0.15, 0.2) is 0 Å². The zero-order valence-electron chi connectivity index (χ0n) is 16.7. The average Bonchev–Trinajstić information content (AvgIpc) is 3.26. The van der Waals surface area contributed by atoms with Gasteiger partial charge in [0.05, 0.1) is 21.8 Å². The van der Waals surface area contributed by atoms with Gasteiger partial charge < -0.3 is 10.1 Å². The molecular formula is C26H23Cl2NO. The predicted molar refractivity (Wildman–Crippen MR) is 125 cm³/mol. The van der Waals surface area contributed by atoms with Crippen LogP contribution in [0.3, 0.4) is 0 Å². The number of hydrogen-bond acceptors (Lipinski definition) is 2. The van der Waals surface area contributed by atoms with Crippen LogP contribution in [0.2, 0.25) is 10.0 Å². The zero-order chi connectivity index (χ0) is 20.7. The van der Waals surface area contributed by atoms with Crippen LogP contribution in [-0.2, 0) is 6.61 Å². The van der Waals surface area contributed by atoms with Gasteiger partial charge in [-0.3, -0.25) is 0 Å². The lowest BCUT2D eigenvalue weighted by molar-refractivity contribution is 0.306. The summed E-state index contributed by atoms with van der Waals surface area (Å²) in [6, 6.07) is 21.0. The SMILES string of the molecule is Cc1ccc(COc2ccc([C@@H]3Nc4c(ccc(Cl)c4Cl)[C@@H]4C=CC[C@@H]43)cc2)cc1. The normalized spacial score (nSPS) is 21.6. The summed E-state index contributed by atoms with van der Waals surface area (Å²) in [5.74, 6) is 1.70. The van der Waals surface area contributed by atoms with E-state index in [1.807, 2.05) is 6.07 Å². The molecule has 0 spiro atoms. The molecule has 0 saturated heterocycles. The minimum atomic E-state index is 0.180. The minimum Gasteiger partial charge on any atom is -0.489 e. The Morgan fingerprint density at radius 3 is 2.50 bits per heavy atom. The van der Waals surface area contributed by atoms with Crippen molar-refractivity contribution in [1.29, 1.82) is 0 Å². The smallest absolute Gasteiger partial charge is 0.119 e. The number of allylic oxidation sites excluding steroid dienone is 2. The molecule has 152 valence electrons. The molecular weight excluding hydrogens is 413 g/mol. The lowest BCUT2D eigenvalue weighted by Gasteiger charge is -2.38. The van der Waals surface area contributed by atoms with Crippen LogP contribution in [-0.4, -0.2) is 0 Å². The highest BCUT2D eigenvalue weighted by Gasteiger charge is 2.38. The van der Waals surface area contributed by atoms with Crippen molar-refractivity contribution in [2.24, 2.45) is 5.92 Å². The van der Waals surface area contributed by atoms with E-state index in [9.17, 15) is 0 Å². The summed E-state index contributed by atoms with van der Waals surface area (Å²) in [6.07, 6.45) is 5.63. The Labute approximate surface area is 187 Å². The maximum Gasteiger partial charge on any atom is 0.119 e. The Morgan fingerprint density at radius 2 is 1.73 bits per heavy atom. The Hall–Kier alpha value is -2.42. The zero-order valence-corrected chi connectivity index (χ0v) is 18.3. The first kappa shape index (κ1) is 19.5. The number of nitrogens with one attached hydrogen (secondary N) is 1. The number of ether oxygens (including phenoxy) is 1. The van der Waals surface area contributed by atoms with Gasteiger partial charge in [0.2, 0.25) is 0 Å². The Balaban J connectivity index is 1.36. The number of aryl methyl sites for hydroxylation is 1. The fraction of sp³-hybridized carbons (Fsp3) is 0.231. The quantitative estimate of drug-likeness (QED) is 0.423. The second-order valence-corrected chi connectivity index (χ2v) is 8.93. The van der Waals surface area contributed by atoms with E-state index in [0.29, 0.717) is 28.5 Å². The van der Waals surface area contributed by atoms with Crippen molar-refractivity contribution in [3.8, 4) is 5.75 Å². The third kappa shape index (κ3) is 3.59. The van der Waals surface area contributed by atoms with Crippen LogP contribution in [0.4, 0.5) is 5.69 Å². The highest BCUT2D eigenvalue weighted by atomic mass is 35.5. The Bertz CT molecular complexity index is 1090. The number of benzene rings is 3. The van der Waals surface area contributed by atoms with E-state index in [1.165, 1.54) is 22.3 Å². The molecule has 0 radical (unpaired) electrons. The van der Waals surface area contributed by atoms with Crippen LogP contribution in [0.5, 0.6) is 5.75 Å². The van der Waals surface area contributed by atoms with Gasteiger partial charge in [-0.2, -0.15) is 0 Å². The minimum absolute atomic E-state index is 0.180. The van der Waals surface area contributed by atoms with E-state index in [1.54, 1.807) is 0 Å². The highest BCUT2D eigenvalue weighted by molar-refractivity contribution is 6.43. The maximum absolute atomic E-state index is 6.55. The number of hydrogen-bond donors (Lipinski definition) is 1. The predicted octanol–water partition coefficient (Wildman–Crippen LogP) is 7.71. The summed E-state index contributed by atoms with van der Waals surface area (Å²) in [4.78, 5) is 0. The molecule has 2 aliphatic rings. The number of rotatable bonds is 4. The molecule has 0 unspecified atom stereocenters. The van der Waals surface area contributed by atoms with Gasteiger partial charge in [-0.05, 0) is 54.2 Å². The molecule has 30 heavy (non-hydrogen) atoms. The first-order chi connectivity index (χ1) is 14.6. The summed E-state index contributed by atoms with van der Waals surface area (Å²) in [5.41, 5.74) is 5.85. The van der Waals surface area contributed by atoms with Crippen molar-refractivity contribution in [2.45, 2.75) is 31.9 Å². The molecule has 3 atom stereocenters. The molecule has 4 heteroatoms. The van der Waals surface area contributed by atoms with E-state index in [2.05, 4.69) is 79.0 Å². The van der Waals surface area contributed by atoms with Crippen molar-refractivity contribution in [2.75, 3.05) is 5.32 Å². The van der Waals surface area contributed by atoms with Crippen molar-refractivity contribution in [1.82, 2.24) is 0 Å². The van der Waals surface area contributed by atoms with E-state index in [4.69, 9.17) is 27.9 Å². The third-order valence-corrected chi connectivity index (χ3v) is 7.00. The molecule has 1 aliphatic carbocycles. The first-order valence-electron chi connectivity index (χ1n) is 10.3. The second kappa shape index (κ2) is 8.02. The highest BCUT2D eigenvalue weighted by Crippen LogP contribution is 2.52. The van der Waals surface area contributed by atoms with Crippen LogP contribution in [0, 0.1) is 12.8 Å². The summed E-state index contributed by atoms with van der Waals surface area (Å²) < 4.78 is 5.98. The molecule has 0 aromatic heterocycles. The average molecular weight is 436 g/mol. The molecule has 1 heterocycles. The van der Waals surface area contributed by atoms with Crippen LogP contribution in [0.15, 0.2) is 72.8 Å². The number of anilines is 1. The van der Waals surface area contributed by atoms with Crippen molar-refractivity contribution >= 4 is 28.9 Å². The van der Waals surface area contributed by atoms with E-state index in [-0.39, 0.29) is 6.04 Å². The fourth-order valence-corrected chi connectivity index (χ4v) is 4.94. The summed E-state index contributed by atoms with van der Waals surface area (Å²) in [5, 5.41) is 4.87. The Morgan fingerprint density at radius 1 is 0.967 bits per heavy atom. The first-order valence-corrected chi connectivity index (χ1v) is 11.0. The van der Waals surface area contributed by atoms with Crippen LogP contribution >= 0.6 is 23.2 Å². The molecule has 1 N–H and O–H groups in total. The molecule has 0 amide bonds.